The molecular weight excluding hydrogens is 246 g/mol. The molecule has 1 atom stereocenters. The summed E-state index contributed by atoms with van der Waals surface area (Å²) < 4.78 is 0. The van der Waals surface area contributed by atoms with E-state index in [4.69, 9.17) is 11.6 Å². The van der Waals surface area contributed by atoms with Crippen LogP contribution in [-0.4, -0.2) is 29.1 Å². The second-order valence-corrected chi connectivity index (χ2v) is 5.43. The lowest BCUT2D eigenvalue weighted by Crippen LogP contribution is -2.33. The Balaban J connectivity index is 2.51. The van der Waals surface area contributed by atoms with Gasteiger partial charge in [0, 0.05) is 17.6 Å². The summed E-state index contributed by atoms with van der Waals surface area (Å²) in [5.41, 5.74) is 0.905. The molecule has 0 amide bonds. The first-order valence-electron chi connectivity index (χ1n) is 6.72. The van der Waals surface area contributed by atoms with Gasteiger partial charge in [0.15, 0.2) is 0 Å². The number of aliphatic hydroxyl groups is 1. The van der Waals surface area contributed by atoms with Gasteiger partial charge in [-0.05, 0) is 50.9 Å². The number of rotatable bonds is 7. The van der Waals surface area contributed by atoms with Crippen LogP contribution in [0.15, 0.2) is 24.3 Å². The third-order valence-electron chi connectivity index (χ3n) is 3.16. The highest BCUT2D eigenvalue weighted by Gasteiger charge is 2.13. The number of hydrogen-bond acceptors (Lipinski definition) is 2. The second kappa shape index (κ2) is 7.78. The van der Waals surface area contributed by atoms with Crippen molar-refractivity contribution in [3.8, 4) is 0 Å². The minimum atomic E-state index is -0.429. The van der Waals surface area contributed by atoms with E-state index in [0.29, 0.717) is 11.1 Å². The SMILES string of the molecule is CCCN(CCC(O)c1cccc(Cl)c1)C(C)C. The van der Waals surface area contributed by atoms with E-state index in [9.17, 15) is 5.11 Å². The molecule has 1 aromatic rings. The van der Waals surface area contributed by atoms with Crippen molar-refractivity contribution in [3.05, 3.63) is 34.9 Å². The number of aliphatic hydroxyl groups excluding tert-OH is 1. The van der Waals surface area contributed by atoms with E-state index in [2.05, 4.69) is 25.7 Å². The van der Waals surface area contributed by atoms with Gasteiger partial charge in [-0.25, -0.2) is 0 Å². The quantitative estimate of drug-likeness (QED) is 0.812. The fourth-order valence-corrected chi connectivity index (χ4v) is 2.28. The zero-order chi connectivity index (χ0) is 13.5. The Morgan fingerprint density at radius 2 is 2.00 bits per heavy atom. The summed E-state index contributed by atoms with van der Waals surface area (Å²) in [6.45, 7) is 8.57. The van der Waals surface area contributed by atoms with E-state index < -0.39 is 6.10 Å². The van der Waals surface area contributed by atoms with Crippen molar-refractivity contribution in [3.63, 3.8) is 0 Å². The van der Waals surface area contributed by atoms with Crippen molar-refractivity contribution < 1.29 is 5.11 Å². The zero-order valence-electron chi connectivity index (χ0n) is 11.6. The Kier molecular flexibility index (Phi) is 6.69. The molecule has 3 heteroatoms. The van der Waals surface area contributed by atoms with Crippen molar-refractivity contribution in [1.29, 1.82) is 0 Å². The van der Waals surface area contributed by atoms with Crippen LogP contribution >= 0.6 is 11.6 Å². The predicted octanol–water partition coefficient (Wildman–Crippen LogP) is 3.88. The zero-order valence-corrected chi connectivity index (χ0v) is 12.3. The molecule has 1 rings (SSSR count). The van der Waals surface area contributed by atoms with Crippen molar-refractivity contribution in [2.75, 3.05) is 13.1 Å². The molecule has 0 radical (unpaired) electrons. The maximum Gasteiger partial charge on any atom is 0.0802 e. The van der Waals surface area contributed by atoms with Gasteiger partial charge in [0.1, 0.15) is 0 Å². The van der Waals surface area contributed by atoms with E-state index >= 15 is 0 Å². The molecule has 0 spiro atoms. The molecule has 18 heavy (non-hydrogen) atoms. The summed E-state index contributed by atoms with van der Waals surface area (Å²) in [5, 5.41) is 10.8. The lowest BCUT2D eigenvalue weighted by molar-refractivity contribution is 0.130. The molecule has 0 aliphatic heterocycles. The van der Waals surface area contributed by atoms with Crippen molar-refractivity contribution in [2.45, 2.75) is 45.8 Å². The molecule has 1 N–H and O–H groups in total. The summed E-state index contributed by atoms with van der Waals surface area (Å²) in [4.78, 5) is 2.40. The maximum absolute atomic E-state index is 10.2. The van der Waals surface area contributed by atoms with Crippen LogP contribution in [0.5, 0.6) is 0 Å². The lowest BCUT2D eigenvalue weighted by atomic mass is 10.1. The molecule has 0 saturated heterocycles. The smallest absolute Gasteiger partial charge is 0.0802 e. The molecule has 0 saturated carbocycles. The summed E-state index contributed by atoms with van der Waals surface area (Å²) in [6.07, 6.45) is 1.46. The first-order valence-corrected chi connectivity index (χ1v) is 7.10. The van der Waals surface area contributed by atoms with Gasteiger partial charge in [-0.2, -0.15) is 0 Å². The third-order valence-corrected chi connectivity index (χ3v) is 3.40. The van der Waals surface area contributed by atoms with Crippen LogP contribution in [0, 0.1) is 0 Å². The van der Waals surface area contributed by atoms with E-state index in [1.165, 1.54) is 0 Å². The van der Waals surface area contributed by atoms with Gasteiger partial charge in [0.2, 0.25) is 0 Å². The Hall–Kier alpha value is -0.570. The van der Waals surface area contributed by atoms with Gasteiger partial charge in [-0.1, -0.05) is 30.7 Å². The van der Waals surface area contributed by atoms with Gasteiger partial charge in [-0.3, -0.25) is 0 Å². The Labute approximate surface area is 116 Å². The minimum Gasteiger partial charge on any atom is -0.388 e. The fourth-order valence-electron chi connectivity index (χ4n) is 2.08. The summed E-state index contributed by atoms with van der Waals surface area (Å²) in [5.74, 6) is 0. The Morgan fingerprint density at radius 1 is 1.28 bits per heavy atom. The van der Waals surface area contributed by atoms with Crippen LogP contribution in [0.3, 0.4) is 0 Å². The molecule has 0 heterocycles. The van der Waals surface area contributed by atoms with Gasteiger partial charge in [0.05, 0.1) is 6.10 Å². The van der Waals surface area contributed by atoms with Gasteiger partial charge in [0.25, 0.3) is 0 Å². The van der Waals surface area contributed by atoms with Crippen molar-refractivity contribution in [1.82, 2.24) is 4.90 Å². The summed E-state index contributed by atoms with van der Waals surface area (Å²) in [6, 6.07) is 8.00. The first-order chi connectivity index (χ1) is 8.54. The Morgan fingerprint density at radius 3 is 2.56 bits per heavy atom. The molecule has 1 unspecified atom stereocenters. The molecule has 2 nitrogen and oxygen atoms in total. The van der Waals surface area contributed by atoms with E-state index in [0.717, 1.165) is 31.5 Å². The molecule has 0 aliphatic carbocycles. The standard InChI is InChI=1S/C15H24ClNO/c1-4-9-17(12(2)3)10-8-15(18)13-6-5-7-14(16)11-13/h5-7,11-12,15,18H,4,8-10H2,1-3H3. The number of halogens is 1. The Bertz CT molecular complexity index is 354. The summed E-state index contributed by atoms with van der Waals surface area (Å²) >= 11 is 5.93. The fraction of sp³-hybridized carbons (Fsp3) is 0.600. The molecule has 102 valence electrons. The van der Waals surface area contributed by atoms with Crippen molar-refractivity contribution in [2.24, 2.45) is 0 Å². The lowest BCUT2D eigenvalue weighted by Gasteiger charge is -2.27. The number of nitrogens with zero attached hydrogens (tertiary/aromatic N) is 1. The second-order valence-electron chi connectivity index (χ2n) is 4.99. The number of benzene rings is 1. The highest BCUT2D eigenvalue weighted by atomic mass is 35.5. The average Bonchev–Trinajstić information content (AvgIpc) is 2.33. The van der Waals surface area contributed by atoms with Gasteiger partial charge >= 0.3 is 0 Å². The minimum absolute atomic E-state index is 0.429. The van der Waals surface area contributed by atoms with Crippen LogP contribution in [0.2, 0.25) is 5.02 Å². The van der Waals surface area contributed by atoms with Crippen LogP contribution in [0.4, 0.5) is 0 Å². The average molecular weight is 270 g/mol. The topological polar surface area (TPSA) is 23.5 Å². The van der Waals surface area contributed by atoms with E-state index in [1.54, 1.807) is 0 Å². The van der Waals surface area contributed by atoms with Gasteiger partial charge < -0.3 is 10.0 Å². The van der Waals surface area contributed by atoms with Crippen LogP contribution < -0.4 is 0 Å². The molecular formula is C15H24ClNO. The predicted molar refractivity (Wildman–Crippen MR) is 78.0 cm³/mol. The largest absolute Gasteiger partial charge is 0.388 e. The van der Waals surface area contributed by atoms with Crippen molar-refractivity contribution >= 4 is 11.6 Å². The number of hydrogen-bond donors (Lipinski definition) is 1. The van der Waals surface area contributed by atoms with E-state index in [1.807, 2.05) is 24.3 Å². The normalized spacial score (nSPS) is 13.3. The van der Waals surface area contributed by atoms with Crippen LogP contribution in [0.25, 0.3) is 0 Å². The monoisotopic (exact) mass is 269 g/mol. The molecule has 0 aromatic heterocycles. The molecule has 0 fully saturated rings. The van der Waals surface area contributed by atoms with Gasteiger partial charge in [-0.15, -0.1) is 0 Å². The highest BCUT2D eigenvalue weighted by Crippen LogP contribution is 2.20. The molecule has 0 bridgehead atoms. The first kappa shape index (κ1) is 15.5. The maximum atomic E-state index is 10.2. The van der Waals surface area contributed by atoms with E-state index in [-0.39, 0.29) is 0 Å². The molecule has 1 aromatic carbocycles. The third kappa shape index (κ3) is 4.97. The highest BCUT2D eigenvalue weighted by molar-refractivity contribution is 6.30. The van der Waals surface area contributed by atoms with Crippen LogP contribution in [0.1, 0.15) is 45.3 Å². The molecule has 0 aliphatic rings. The summed E-state index contributed by atoms with van der Waals surface area (Å²) in [7, 11) is 0. The van der Waals surface area contributed by atoms with Crippen LogP contribution in [-0.2, 0) is 0 Å².